The molecule has 1 aromatic rings. The molecule has 1 aliphatic heterocycles. The summed E-state index contributed by atoms with van der Waals surface area (Å²) in [6.45, 7) is 6.34. The molecule has 1 atom stereocenters. The number of amides is 3. The Morgan fingerprint density at radius 3 is 2.38 bits per heavy atom. The monoisotopic (exact) mass is 289 g/mol. The molecule has 2 N–H and O–H groups in total. The molecule has 1 heterocycles. The first-order valence-electron chi connectivity index (χ1n) is 6.99. The highest BCUT2D eigenvalue weighted by atomic mass is 16.2. The van der Waals surface area contributed by atoms with Crippen molar-refractivity contribution in [2.75, 3.05) is 18.8 Å². The summed E-state index contributed by atoms with van der Waals surface area (Å²) in [6, 6.07) is 3.92. The summed E-state index contributed by atoms with van der Waals surface area (Å²) >= 11 is 0. The Hall–Kier alpha value is -2.37. The fourth-order valence-corrected chi connectivity index (χ4v) is 2.59. The minimum Gasteiger partial charge on any atom is -0.398 e. The zero-order valence-corrected chi connectivity index (χ0v) is 12.4. The predicted octanol–water partition coefficient (Wildman–Crippen LogP) is 1.12. The van der Waals surface area contributed by atoms with Gasteiger partial charge in [0.2, 0.25) is 5.91 Å². The van der Waals surface area contributed by atoms with E-state index in [1.54, 1.807) is 30.0 Å². The molecule has 21 heavy (non-hydrogen) atoms. The Labute approximate surface area is 123 Å². The van der Waals surface area contributed by atoms with E-state index in [4.69, 9.17) is 5.73 Å². The summed E-state index contributed by atoms with van der Waals surface area (Å²) in [5.41, 5.74) is 6.50. The molecule has 112 valence electrons. The van der Waals surface area contributed by atoms with Gasteiger partial charge < -0.3 is 10.6 Å². The Balaban J connectivity index is 2.36. The van der Waals surface area contributed by atoms with E-state index in [9.17, 15) is 14.4 Å². The predicted molar refractivity (Wildman–Crippen MR) is 78.7 cm³/mol. The van der Waals surface area contributed by atoms with Gasteiger partial charge in [0.15, 0.2) is 0 Å². The summed E-state index contributed by atoms with van der Waals surface area (Å²) in [7, 11) is 0. The van der Waals surface area contributed by atoms with E-state index in [1.807, 2.05) is 13.8 Å². The topological polar surface area (TPSA) is 83.7 Å². The summed E-state index contributed by atoms with van der Waals surface area (Å²) < 4.78 is 0. The Morgan fingerprint density at radius 1 is 1.24 bits per heavy atom. The third kappa shape index (κ3) is 2.26. The molecular formula is C15H19N3O3. The number of anilines is 1. The lowest BCUT2D eigenvalue weighted by molar-refractivity contribution is -0.134. The molecule has 0 aliphatic carbocycles. The molecule has 6 nitrogen and oxygen atoms in total. The molecule has 0 saturated heterocycles. The number of fused-ring (bicyclic) bond motifs is 1. The molecule has 0 saturated carbocycles. The van der Waals surface area contributed by atoms with Crippen LogP contribution in [-0.2, 0) is 4.79 Å². The maximum absolute atomic E-state index is 12.4. The molecule has 1 aromatic carbocycles. The van der Waals surface area contributed by atoms with E-state index in [1.165, 1.54) is 0 Å². The van der Waals surface area contributed by atoms with Crippen LogP contribution in [0.4, 0.5) is 5.69 Å². The number of rotatable bonds is 4. The van der Waals surface area contributed by atoms with Crippen LogP contribution in [0.15, 0.2) is 18.2 Å². The van der Waals surface area contributed by atoms with Gasteiger partial charge in [-0.3, -0.25) is 19.3 Å². The number of carbonyl (C=O) groups excluding carboxylic acids is 3. The van der Waals surface area contributed by atoms with Crippen molar-refractivity contribution in [2.24, 2.45) is 0 Å². The molecule has 0 bridgehead atoms. The highest BCUT2D eigenvalue weighted by Gasteiger charge is 2.42. The number of nitrogen functional groups attached to an aromatic ring is 1. The van der Waals surface area contributed by atoms with E-state index in [2.05, 4.69) is 0 Å². The zero-order valence-electron chi connectivity index (χ0n) is 12.4. The SMILES string of the molecule is CCN(CC)C(=O)C(C)N1C(=O)c2cccc(N)c2C1=O. The first kappa shape index (κ1) is 15.0. The van der Waals surface area contributed by atoms with Gasteiger partial charge in [0.05, 0.1) is 11.1 Å². The highest BCUT2D eigenvalue weighted by Crippen LogP contribution is 2.29. The van der Waals surface area contributed by atoms with E-state index < -0.39 is 17.9 Å². The van der Waals surface area contributed by atoms with Gasteiger partial charge in [-0.2, -0.15) is 0 Å². The van der Waals surface area contributed by atoms with Crippen LogP contribution in [0.1, 0.15) is 41.5 Å². The van der Waals surface area contributed by atoms with Gasteiger partial charge in [0.25, 0.3) is 11.8 Å². The van der Waals surface area contributed by atoms with Gasteiger partial charge in [-0.05, 0) is 32.9 Å². The smallest absolute Gasteiger partial charge is 0.264 e. The number of benzene rings is 1. The van der Waals surface area contributed by atoms with Gasteiger partial charge in [-0.1, -0.05) is 6.07 Å². The second-order valence-corrected chi connectivity index (χ2v) is 4.94. The van der Waals surface area contributed by atoms with E-state index in [-0.39, 0.29) is 22.7 Å². The third-order valence-corrected chi connectivity index (χ3v) is 3.80. The van der Waals surface area contributed by atoms with Crippen LogP contribution >= 0.6 is 0 Å². The van der Waals surface area contributed by atoms with Crippen LogP contribution in [0, 0.1) is 0 Å². The van der Waals surface area contributed by atoms with E-state index >= 15 is 0 Å². The Kier molecular flexibility index (Phi) is 3.97. The van der Waals surface area contributed by atoms with Crippen LogP contribution in [0.25, 0.3) is 0 Å². The molecule has 3 amide bonds. The summed E-state index contributed by atoms with van der Waals surface area (Å²) in [4.78, 5) is 39.8. The number of carbonyl (C=O) groups is 3. The van der Waals surface area contributed by atoms with Gasteiger partial charge >= 0.3 is 0 Å². The number of nitrogens with two attached hydrogens (primary N) is 1. The zero-order chi connectivity index (χ0) is 15.7. The van der Waals surface area contributed by atoms with Crippen LogP contribution in [0.5, 0.6) is 0 Å². The Morgan fingerprint density at radius 2 is 1.86 bits per heavy atom. The molecule has 1 unspecified atom stereocenters. The van der Waals surface area contributed by atoms with E-state index in [0.29, 0.717) is 13.1 Å². The standard InChI is InChI=1S/C15H19N3O3/c1-4-17(5-2)13(19)9(3)18-14(20)10-7-6-8-11(16)12(10)15(18)21/h6-9H,4-5,16H2,1-3H3. The van der Waals surface area contributed by atoms with Crippen LogP contribution in [-0.4, -0.2) is 46.7 Å². The normalized spacial score (nSPS) is 15.1. The maximum Gasteiger partial charge on any atom is 0.264 e. The van der Waals surface area contributed by atoms with Gasteiger partial charge in [0.1, 0.15) is 6.04 Å². The summed E-state index contributed by atoms with van der Waals surface area (Å²) in [5, 5.41) is 0. The second-order valence-electron chi connectivity index (χ2n) is 4.94. The third-order valence-electron chi connectivity index (χ3n) is 3.80. The van der Waals surface area contributed by atoms with Crippen molar-refractivity contribution in [3.8, 4) is 0 Å². The molecule has 1 aliphatic rings. The van der Waals surface area contributed by atoms with Crippen LogP contribution in [0.3, 0.4) is 0 Å². The molecular weight excluding hydrogens is 270 g/mol. The summed E-state index contributed by atoms with van der Waals surface area (Å²) in [6.07, 6.45) is 0. The quantitative estimate of drug-likeness (QED) is 0.665. The van der Waals surface area contributed by atoms with Crippen molar-refractivity contribution in [1.82, 2.24) is 9.80 Å². The second kappa shape index (κ2) is 5.55. The van der Waals surface area contributed by atoms with Crippen molar-refractivity contribution >= 4 is 23.4 Å². The Bertz CT molecular complexity index is 608. The molecule has 0 fully saturated rings. The lowest BCUT2D eigenvalue weighted by atomic mass is 10.1. The van der Waals surface area contributed by atoms with Gasteiger partial charge in [-0.25, -0.2) is 0 Å². The fourth-order valence-electron chi connectivity index (χ4n) is 2.59. The minimum atomic E-state index is -0.836. The fraction of sp³-hybridized carbons (Fsp3) is 0.400. The first-order valence-corrected chi connectivity index (χ1v) is 6.99. The average Bonchev–Trinajstić information content (AvgIpc) is 2.72. The number of hydrogen-bond acceptors (Lipinski definition) is 4. The number of hydrogen-bond donors (Lipinski definition) is 1. The van der Waals surface area contributed by atoms with Crippen molar-refractivity contribution in [3.63, 3.8) is 0 Å². The lowest BCUT2D eigenvalue weighted by Gasteiger charge is -2.27. The maximum atomic E-state index is 12.4. The van der Waals surface area contributed by atoms with Crippen molar-refractivity contribution in [2.45, 2.75) is 26.8 Å². The highest BCUT2D eigenvalue weighted by molar-refractivity contribution is 6.24. The molecule has 0 aromatic heterocycles. The van der Waals surface area contributed by atoms with Crippen LogP contribution < -0.4 is 5.73 Å². The van der Waals surface area contributed by atoms with E-state index in [0.717, 1.165) is 4.90 Å². The van der Waals surface area contributed by atoms with Crippen molar-refractivity contribution in [1.29, 1.82) is 0 Å². The van der Waals surface area contributed by atoms with Crippen LogP contribution in [0.2, 0.25) is 0 Å². The first-order chi connectivity index (χ1) is 9.93. The lowest BCUT2D eigenvalue weighted by Crippen LogP contribution is -2.49. The molecule has 0 spiro atoms. The minimum absolute atomic E-state index is 0.196. The molecule has 2 rings (SSSR count). The number of likely N-dealkylation sites (N-methyl/N-ethyl adjacent to an activating group) is 1. The molecule has 0 radical (unpaired) electrons. The largest absolute Gasteiger partial charge is 0.398 e. The number of nitrogens with zero attached hydrogens (tertiary/aromatic N) is 2. The average molecular weight is 289 g/mol. The van der Waals surface area contributed by atoms with Gasteiger partial charge in [-0.15, -0.1) is 0 Å². The summed E-state index contributed by atoms with van der Waals surface area (Å²) in [5.74, 6) is -1.20. The molecule has 6 heteroatoms. The van der Waals surface area contributed by atoms with Crippen molar-refractivity contribution in [3.05, 3.63) is 29.3 Å². The van der Waals surface area contributed by atoms with Gasteiger partial charge in [0, 0.05) is 18.8 Å². The van der Waals surface area contributed by atoms with Crippen molar-refractivity contribution < 1.29 is 14.4 Å². The number of imide groups is 1.